The van der Waals surface area contributed by atoms with Crippen molar-refractivity contribution in [2.45, 2.75) is 44.6 Å². The molecule has 1 aromatic rings. The standard InChI is InChI=1S/C15H20O2/c16-14(10-11-4-1-2-5-11)13-7-3-6-12-8-9-17-15(12)13/h3,6-7,11,14,16H,1-2,4-5,8-10H2. The molecule has 1 N–H and O–H groups in total. The zero-order valence-electron chi connectivity index (χ0n) is 10.2. The molecule has 1 atom stereocenters. The number of aliphatic hydroxyl groups is 1. The van der Waals surface area contributed by atoms with Gasteiger partial charge in [-0.2, -0.15) is 0 Å². The first kappa shape index (κ1) is 11.1. The van der Waals surface area contributed by atoms with Gasteiger partial charge in [0.05, 0.1) is 12.7 Å². The van der Waals surface area contributed by atoms with Crippen molar-refractivity contribution < 1.29 is 9.84 Å². The van der Waals surface area contributed by atoms with Crippen LogP contribution >= 0.6 is 0 Å². The van der Waals surface area contributed by atoms with Crippen LogP contribution in [0.2, 0.25) is 0 Å². The molecule has 0 amide bonds. The van der Waals surface area contributed by atoms with Crippen molar-refractivity contribution in [2.75, 3.05) is 6.61 Å². The maximum atomic E-state index is 10.4. The Labute approximate surface area is 103 Å². The van der Waals surface area contributed by atoms with Gasteiger partial charge < -0.3 is 9.84 Å². The van der Waals surface area contributed by atoms with Gasteiger partial charge in [0.25, 0.3) is 0 Å². The van der Waals surface area contributed by atoms with Crippen molar-refractivity contribution in [2.24, 2.45) is 5.92 Å². The highest BCUT2D eigenvalue weighted by Crippen LogP contribution is 2.38. The van der Waals surface area contributed by atoms with Gasteiger partial charge in [-0.1, -0.05) is 43.9 Å². The van der Waals surface area contributed by atoms with Crippen LogP contribution in [-0.4, -0.2) is 11.7 Å². The van der Waals surface area contributed by atoms with Gasteiger partial charge in [0.2, 0.25) is 0 Å². The van der Waals surface area contributed by atoms with Crippen LogP contribution in [0.1, 0.15) is 49.3 Å². The average molecular weight is 232 g/mol. The molecule has 1 saturated carbocycles. The van der Waals surface area contributed by atoms with E-state index in [9.17, 15) is 5.11 Å². The zero-order chi connectivity index (χ0) is 11.7. The summed E-state index contributed by atoms with van der Waals surface area (Å²) in [6, 6.07) is 6.17. The minimum atomic E-state index is -0.342. The largest absolute Gasteiger partial charge is 0.493 e. The van der Waals surface area contributed by atoms with Gasteiger partial charge in [-0.3, -0.25) is 0 Å². The minimum Gasteiger partial charge on any atom is -0.493 e. The molecule has 1 fully saturated rings. The number of fused-ring (bicyclic) bond motifs is 1. The number of hydrogen-bond acceptors (Lipinski definition) is 2. The SMILES string of the molecule is OC(CC1CCCC1)c1cccc2c1OCC2. The summed E-state index contributed by atoms with van der Waals surface area (Å²) in [6.07, 6.45) is 6.78. The van der Waals surface area contributed by atoms with Crippen LogP contribution in [0.5, 0.6) is 5.75 Å². The molecule has 3 rings (SSSR count). The van der Waals surface area contributed by atoms with E-state index in [4.69, 9.17) is 4.74 Å². The number of hydrogen-bond donors (Lipinski definition) is 1. The summed E-state index contributed by atoms with van der Waals surface area (Å²) in [7, 11) is 0. The monoisotopic (exact) mass is 232 g/mol. The van der Waals surface area contributed by atoms with Gasteiger partial charge in [0.1, 0.15) is 5.75 Å². The number of aliphatic hydroxyl groups excluding tert-OH is 1. The molecule has 2 aliphatic rings. The molecule has 2 nitrogen and oxygen atoms in total. The third-order valence-electron chi connectivity index (χ3n) is 4.14. The fourth-order valence-electron chi connectivity index (χ4n) is 3.19. The first-order valence-electron chi connectivity index (χ1n) is 6.77. The maximum Gasteiger partial charge on any atom is 0.128 e. The van der Waals surface area contributed by atoms with Gasteiger partial charge >= 0.3 is 0 Å². The molecule has 0 spiro atoms. The van der Waals surface area contributed by atoms with E-state index in [1.54, 1.807) is 0 Å². The van der Waals surface area contributed by atoms with Crippen LogP contribution < -0.4 is 4.74 Å². The van der Waals surface area contributed by atoms with Crippen LogP contribution in [0.3, 0.4) is 0 Å². The van der Waals surface area contributed by atoms with E-state index in [0.717, 1.165) is 30.8 Å². The van der Waals surface area contributed by atoms with E-state index in [1.807, 2.05) is 12.1 Å². The zero-order valence-corrected chi connectivity index (χ0v) is 10.2. The van der Waals surface area contributed by atoms with E-state index >= 15 is 0 Å². The minimum absolute atomic E-state index is 0.342. The van der Waals surface area contributed by atoms with E-state index in [2.05, 4.69) is 6.07 Å². The normalized spacial score (nSPS) is 21.2. The molecule has 92 valence electrons. The van der Waals surface area contributed by atoms with E-state index in [-0.39, 0.29) is 6.10 Å². The molecule has 1 aliphatic carbocycles. The van der Waals surface area contributed by atoms with Crippen molar-refractivity contribution in [3.8, 4) is 5.75 Å². The molecule has 1 unspecified atom stereocenters. The lowest BCUT2D eigenvalue weighted by atomic mass is 9.94. The molecular weight excluding hydrogens is 212 g/mol. The molecule has 2 heteroatoms. The van der Waals surface area contributed by atoms with E-state index in [1.165, 1.54) is 31.2 Å². The summed E-state index contributed by atoms with van der Waals surface area (Å²) in [6.45, 7) is 0.766. The molecule has 0 bridgehead atoms. The number of benzene rings is 1. The van der Waals surface area contributed by atoms with Crippen LogP contribution in [0.15, 0.2) is 18.2 Å². The highest BCUT2D eigenvalue weighted by Gasteiger charge is 2.24. The molecule has 1 aromatic carbocycles. The summed E-state index contributed by atoms with van der Waals surface area (Å²) < 4.78 is 5.66. The molecule has 17 heavy (non-hydrogen) atoms. The third kappa shape index (κ3) is 2.19. The quantitative estimate of drug-likeness (QED) is 0.867. The first-order valence-corrected chi connectivity index (χ1v) is 6.77. The maximum absolute atomic E-state index is 10.4. The Hall–Kier alpha value is -1.02. The van der Waals surface area contributed by atoms with E-state index in [0.29, 0.717) is 5.92 Å². The van der Waals surface area contributed by atoms with Crippen LogP contribution in [0.25, 0.3) is 0 Å². The fourth-order valence-corrected chi connectivity index (χ4v) is 3.19. The summed E-state index contributed by atoms with van der Waals surface area (Å²) in [4.78, 5) is 0. The molecule has 0 aromatic heterocycles. The lowest BCUT2D eigenvalue weighted by Crippen LogP contribution is -2.05. The number of para-hydroxylation sites is 1. The Morgan fingerprint density at radius 3 is 2.94 bits per heavy atom. The second-order valence-corrected chi connectivity index (χ2v) is 5.34. The smallest absolute Gasteiger partial charge is 0.128 e. The molecule has 0 radical (unpaired) electrons. The van der Waals surface area contributed by atoms with Crippen LogP contribution in [-0.2, 0) is 6.42 Å². The van der Waals surface area contributed by atoms with Crippen molar-refractivity contribution in [3.63, 3.8) is 0 Å². The lowest BCUT2D eigenvalue weighted by Gasteiger charge is -2.17. The molecule has 1 aliphatic heterocycles. The highest BCUT2D eigenvalue weighted by molar-refractivity contribution is 5.45. The Bertz CT molecular complexity index is 394. The van der Waals surface area contributed by atoms with Gasteiger partial charge in [-0.25, -0.2) is 0 Å². The van der Waals surface area contributed by atoms with Crippen molar-refractivity contribution >= 4 is 0 Å². The number of rotatable bonds is 3. The Morgan fingerprint density at radius 1 is 1.29 bits per heavy atom. The summed E-state index contributed by atoms with van der Waals surface area (Å²) in [5.41, 5.74) is 2.26. The summed E-state index contributed by atoms with van der Waals surface area (Å²) in [5.74, 6) is 1.67. The fraction of sp³-hybridized carbons (Fsp3) is 0.600. The van der Waals surface area contributed by atoms with Gasteiger partial charge in [0.15, 0.2) is 0 Å². The van der Waals surface area contributed by atoms with Crippen molar-refractivity contribution in [1.29, 1.82) is 0 Å². The van der Waals surface area contributed by atoms with Crippen molar-refractivity contribution in [1.82, 2.24) is 0 Å². The topological polar surface area (TPSA) is 29.5 Å². The lowest BCUT2D eigenvalue weighted by molar-refractivity contribution is 0.141. The molecular formula is C15H20O2. The van der Waals surface area contributed by atoms with Crippen LogP contribution in [0.4, 0.5) is 0 Å². The van der Waals surface area contributed by atoms with E-state index < -0.39 is 0 Å². The summed E-state index contributed by atoms with van der Waals surface area (Å²) in [5, 5.41) is 10.4. The van der Waals surface area contributed by atoms with Crippen molar-refractivity contribution in [3.05, 3.63) is 29.3 Å². The predicted molar refractivity (Wildman–Crippen MR) is 67.2 cm³/mol. The predicted octanol–water partition coefficient (Wildman–Crippen LogP) is 3.24. The Morgan fingerprint density at radius 2 is 2.12 bits per heavy atom. The van der Waals surface area contributed by atoms with Gasteiger partial charge in [-0.05, 0) is 17.9 Å². The second kappa shape index (κ2) is 4.69. The third-order valence-corrected chi connectivity index (χ3v) is 4.14. The number of ether oxygens (including phenoxy) is 1. The average Bonchev–Trinajstić information content (AvgIpc) is 2.97. The second-order valence-electron chi connectivity index (χ2n) is 5.34. The first-order chi connectivity index (χ1) is 8.34. The Kier molecular flexibility index (Phi) is 3.06. The highest BCUT2D eigenvalue weighted by atomic mass is 16.5. The molecule has 1 heterocycles. The van der Waals surface area contributed by atoms with Crippen LogP contribution in [0, 0.1) is 5.92 Å². The Balaban J connectivity index is 1.76. The van der Waals surface area contributed by atoms with Gasteiger partial charge in [-0.15, -0.1) is 0 Å². The summed E-state index contributed by atoms with van der Waals surface area (Å²) >= 11 is 0. The molecule has 0 saturated heterocycles. The van der Waals surface area contributed by atoms with Gasteiger partial charge in [0, 0.05) is 12.0 Å².